The SMILES string of the molecule is CC(C)=O.CC=C(C)C.CN(C)C.COP(C)(C)=O.CS(C)(=O)=O. The fraction of sp³-hybridized carbons (Fsp3) is 0.812. The first-order valence-electron chi connectivity index (χ1n) is 7.23. The van der Waals surface area contributed by atoms with E-state index in [4.69, 9.17) is 0 Å². The lowest BCUT2D eigenvalue weighted by molar-refractivity contribution is -0.115. The van der Waals surface area contributed by atoms with Crippen LogP contribution in [0.1, 0.15) is 34.6 Å². The normalized spacial score (nSPS) is 9.42. The summed E-state index contributed by atoms with van der Waals surface area (Å²) in [6, 6.07) is 0. The minimum absolute atomic E-state index is 0.167. The van der Waals surface area contributed by atoms with Crippen molar-refractivity contribution in [2.24, 2.45) is 0 Å². The van der Waals surface area contributed by atoms with E-state index in [0.29, 0.717) is 0 Å². The van der Waals surface area contributed by atoms with Gasteiger partial charge in [-0.05, 0) is 55.8 Å². The topological polar surface area (TPSA) is 80.8 Å². The standard InChI is InChI=1S/C5H10.C3H9N.C3H9O2P.C3H6O.C2H6O2S/c1-4-5(2)3;1-4(2)3;1-5-6(2,3)4;1-3(2)4;1-5(2,3)4/h4H,1-3H3;1-3H3;1-3H3;1-2H3;1-2H3. The third-order valence-electron chi connectivity index (χ3n) is 1.02. The highest BCUT2D eigenvalue weighted by Crippen LogP contribution is 2.35. The number of allylic oxidation sites excluding steroid dienone is 2. The van der Waals surface area contributed by atoms with Gasteiger partial charge in [0.2, 0.25) is 0 Å². The van der Waals surface area contributed by atoms with Gasteiger partial charge in [-0.1, -0.05) is 11.6 Å². The molecular formula is C16H40NO5PS. The third kappa shape index (κ3) is 445. The van der Waals surface area contributed by atoms with Gasteiger partial charge in [0.25, 0.3) is 0 Å². The first-order chi connectivity index (χ1) is 10.3. The molecule has 0 unspecified atom stereocenters. The third-order valence-corrected chi connectivity index (χ3v) is 1.90. The minimum Gasteiger partial charge on any atom is -0.332 e. The maximum Gasteiger partial charge on any atom is 0.196 e. The Hall–Kier alpha value is -0.490. The molecule has 0 fully saturated rings. The van der Waals surface area contributed by atoms with Gasteiger partial charge in [-0.25, -0.2) is 8.42 Å². The van der Waals surface area contributed by atoms with Crippen molar-refractivity contribution in [1.82, 2.24) is 4.90 Å². The summed E-state index contributed by atoms with van der Waals surface area (Å²) in [5.74, 6) is 0.167. The summed E-state index contributed by atoms with van der Waals surface area (Å²) >= 11 is 0. The van der Waals surface area contributed by atoms with Crippen LogP contribution in [0, 0.1) is 0 Å². The zero-order valence-corrected chi connectivity index (χ0v) is 19.6. The number of hydrogen-bond donors (Lipinski definition) is 0. The maximum atomic E-state index is 10.4. The van der Waals surface area contributed by atoms with Crippen LogP contribution in [0.5, 0.6) is 0 Å². The molecule has 24 heavy (non-hydrogen) atoms. The predicted octanol–water partition coefficient (Wildman–Crippen LogP) is 3.58. The number of sulfone groups is 1. The van der Waals surface area contributed by atoms with Crippen LogP contribution < -0.4 is 0 Å². The summed E-state index contributed by atoms with van der Waals surface area (Å²) in [4.78, 5) is 11.4. The number of nitrogens with zero attached hydrogens (tertiary/aromatic N) is 1. The van der Waals surface area contributed by atoms with E-state index in [2.05, 4.69) is 24.4 Å². The number of rotatable bonds is 1. The van der Waals surface area contributed by atoms with Gasteiger partial charge in [0.05, 0.1) is 0 Å². The number of hydrogen-bond acceptors (Lipinski definition) is 6. The van der Waals surface area contributed by atoms with Crippen molar-refractivity contribution in [3.8, 4) is 0 Å². The molecule has 8 heteroatoms. The predicted molar refractivity (Wildman–Crippen MR) is 108 cm³/mol. The molecule has 150 valence electrons. The van der Waals surface area contributed by atoms with Crippen molar-refractivity contribution in [2.75, 3.05) is 54.1 Å². The zero-order chi connectivity index (χ0) is 21.1. The van der Waals surface area contributed by atoms with Crippen LogP contribution in [0.2, 0.25) is 0 Å². The second-order valence-corrected chi connectivity index (χ2v) is 11.3. The van der Waals surface area contributed by atoms with Crippen LogP contribution in [0.3, 0.4) is 0 Å². The number of ketones is 1. The van der Waals surface area contributed by atoms with E-state index in [1.807, 2.05) is 33.0 Å². The molecule has 0 aliphatic carbocycles. The van der Waals surface area contributed by atoms with E-state index in [1.54, 1.807) is 13.3 Å². The first kappa shape index (κ1) is 34.8. The summed E-state index contributed by atoms with van der Waals surface area (Å²) in [6.07, 6.45) is 4.40. The average Bonchev–Trinajstić information content (AvgIpc) is 2.25. The number of carbonyl (C=O) groups excluding carboxylic acids is 1. The Labute approximate surface area is 151 Å². The van der Waals surface area contributed by atoms with Crippen LogP contribution in [-0.2, 0) is 23.7 Å². The quantitative estimate of drug-likeness (QED) is 0.504. The second kappa shape index (κ2) is 20.6. The van der Waals surface area contributed by atoms with Crippen molar-refractivity contribution < 1.29 is 22.3 Å². The van der Waals surface area contributed by atoms with E-state index in [-0.39, 0.29) is 5.78 Å². The van der Waals surface area contributed by atoms with E-state index < -0.39 is 17.2 Å². The van der Waals surface area contributed by atoms with E-state index in [9.17, 15) is 17.8 Å². The van der Waals surface area contributed by atoms with E-state index in [0.717, 1.165) is 12.5 Å². The van der Waals surface area contributed by atoms with Gasteiger partial charge >= 0.3 is 0 Å². The summed E-state index contributed by atoms with van der Waals surface area (Å²) in [6.45, 7) is 12.4. The molecule has 0 saturated heterocycles. The van der Waals surface area contributed by atoms with Gasteiger partial charge in [0, 0.05) is 33.0 Å². The lowest BCUT2D eigenvalue weighted by Crippen LogP contribution is -1.99. The maximum absolute atomic E-state index is 10.4. The molecule has 0 spiro atoms. The van der Waals surface area contributed by atoms with Crippen molar-refractivity contribution in [1.29, 1.82) is 0 Å². The fourth-order valence-electron chi connectivity index (χ4n) is 0. The second-order valence-electron chi connectivity index (χ2n) is 6.19. The molecule has 0 amide bonds. The van der Waals surface area contributed by atoms with Gasteiger partial charge in [-0.2, -0.15) is 0 Å². The molecule has 0 aliphatic heterocycles. The van der Waals surface area contributed by atoms with Crippen LogP contribution in [-0.4, -0.2) is 73.2 Å². The Morgan fingerprint density at radius 1 is 1.00 bits per heavy atom. The molecule has 0 aromatic heterocycles. The number of Topliss-reactive ketones (excluding diaryl/α,β-unsaturated/α-hetero) is 1. The molecule has 0 bridgehead atoms. The summed E-state index contributed by atoms with van der Waals surface area (Å²) in [5.41, 5.74) is 1.38. The van der Waals surface area contributed by atoms with E-state index >= 15 is 0 Å². The molecule has 0 aromatic rings. The molecule has 0 heterocycles. The molecule has 0 N–H and O–H groups in total. The van der Waals surface area contributed by atoms with Crippen molar-refractivity contribution in [3.63, 3.8) is 0 Å². The highest BCUT2D eigenvalue weighted by molar-refractivity contribution is 7.89. The first-order valence-corrected chi connectivity index (χ1v) is 12.0. The Kier molecular flexibility index (Phi) is 29.8. The van der Waals surface area contributed by atoms with Crippen molar-refractivity contribution in [3.05, 3.63) is 11.6 Å². The molecule has 0 atom stereocenters. The van der Waals surface area contributed by atoms with Gasteiger partial charge in [-0.3, -0.25) is 4.57 Å². The molecule has 0 rings (SSSR count). The monoisotopic (exact) mass is 389 g/mol. The Bertz CT molecular complexity index is 432. The molecule has 0 radical (unpaired) electrons. The molecule has 0 aliphatic rings. The van der Waals surface area contributed by atoms with Gasteiger partial charge in [0.1, 0.15) is 15.6 Å². The molecule has 0 saturated carbocycles. The van der Waals surface area contributed by atoms with E-state index in [1.165, 1.54) is 26.5 Å². The highest BCUT2D eigenvalue weighted by Gasteiger charge is 1.99. The van der Waals surface area contributed by atoms with Crippen LogP contribution >= 0.6 is 7.37 Å². The van der Waals surface area contributed by atoms with Crippen LogP contribution in [0.25, 0.3) is 0 Å². The molecule has 0 aromatic carbocycles. The van der Waals surface area contributed by atoms with Gasteiger partial charge in [0.15, 0.2) is 7.37 Å². The lowest BCUT2D eigenvalue weighted by atomic mass is 10.3. The largest absolute Gasteiger partial charge is 0.332 e. The van der Waals surface area contributed by atoms with Crippen molar-refractivity contribution in [2.45, 2.75) is 34.6 Å². The fourth-order valence-corrected chi connectivity index (χ4v) is 0. The Morgan fingerprint density at radius 3 is 1.08 bits per heavy atom. The summed E-state index contributed by atoms with van der Waals surface area (Å²) < 4.78 is 34.1. The van der Waals surface area contributed by atoms with Gasteiger partial charge in [-0.15, -0.1) is 0 Å². The highest BCUT2D eigenvalue weighted by atomic mass is 32.2. The smallest absolute Gasteiger partial charge is 0.196 e. The van der Waals surface area contributed by atoms with Gasteiger partial charge < -0.3 is 14.2 Å². The Morgan fingerprint density at radius 2 is 1.08 bits per heavy atom. The minimum atomic E-state index is -2.67. The average molecular weight is 390 g/mol. The lowest BCUT2D eigenvalue weighted by Gasteiger charge is -1.98. The van der Waals surface area contributed by atoms with Crippen LogP contribution in [0.15, 0.2) is 11.6 Å². The van der Waals surface area contributed by atoms with Crippen LogP contribution in [0.4, 0.5) is 0 Å². The Balaban J connectivity index is -0.0000000633. The molecule has 6 nitrogen and oxygen atoms in total. The molecular weight excluding hydrogens is 349 g/mol. The zero-order valence-electron chi connectivity index (χ0n) is 17.9. The number of carbonyl (C=O) groups is 1. The summed E-state index contributed by atoms with van der Waals surface area (Å²) in [5, 5.41) is 0. The van der Waals surface area contributed by atoms with Crippen molar-refractivity contribution >= 4 is 23.0 Å². The summed E-state index contributed by atoms with van der Waals surface area (Å²) in [7, 11) is 2.63.